The number of nitrogens with zero attached hydrogens (tertiary/aromatic N) is 3. The fourth-order valence-corrected chi connectivity index (χ4v) is 1.48. The summed E-state index contributed by atoms with van der Waals surface area (Å²) in [5, 5.41) is 10.9. The van der Waals surface area contributed by atoms with Gasteiger partial charge in [0.05, 0.1) is 0 Å². The van der Waals surface area contributed by atoms with Crippen molar-refractivity contribution < 1.29 is 0 Å². The van der Waals surface area contributed by atoms with E-state index < -0.39 is 0 Å². The molecule has 0 unspecified atom stereocenters. The van der Waals surface area contributed by atoms with Gasteiger partial charge in [-0.2, -0.15) is 0 Å². The Morgan fingerprint density at radius 1 is 1.20 bits per heavy atom. The van der Waals surface area contributed by atoms with Crippen LogP contribution in [0.1, 0.15) is 5.56 Å². The molecule has 0 radical (unpaired) electrons. The van der Waals surface area contributed by atoms with Crippen molar-refractivity contribution in [3.05, 3.63) is 36.2 Å². The standard InChI is InChI=1S/C11H12N4/c1-8-5-3-4-6-9(8)10-11(12-2)13-7-14-15-10/h3-7H,1-2H3,(H,12,13,14). The molecule has 2 aromatic rings. The molecule has 15 heavy (non-hydrogen) atoms. The average molecular weight is 200 g/mol. The summed E-state index contributed by atoms with van der Waals surface area (Å²) in [5.74, 6) is 0.749. The minimum Gasteiger partial charge on any atom is -0.371 e. The quantitative estimate of drug-likeness (QED) is 0.804. The monoisotopic (exact) mass is 200 g/mol. The largest absolute Gasteiger partial charge is 0.371 e. The summed E-state index contributed by atoms with van der Waals surface area (Å²) in [4.78, 5) is 4.13. The first-order chi connectivity index (χ1) is 7.33. The van der Waals surface area contributed by atoms with Gasteiger partial charge in [-0.1, -0.05) is 24.3 Å². The van der Waals surface area contributed by atoms with Crippen LogP contribution in [0.25, 0.3) is 11.3 Å². The van der Waals surface area contributed by atoms with Crippen LogP contribution in [0.3, 0.4) is 0 Å². The van der Waals surface area contributed by atoms with E-state index in [1.165, 1.54) is 6.33 Å². The summed E-state index contributed by atoms with van der Waals surface area (Å²) in [7, 11) is 1.83. The molecule has 0 spiro atoms. The number of benzene rings is 1. The first-order valence-corrected chi connectivity index (χ1v) is 4.74. The van der Waals surface area contributed by atoms with Gasteiger partial charge in [-0.3, -0.25) is 0 Å². The number of anilines is 1. The summed E-state index contributed by atoms with van der Waals surface area (Å²) < 4.78 is 0. The second-order valence-corrected chi connectivity index (χ2v) is 3.22. The van der Waals surface area contributed by atoms with Crippen LogP contribution < -0.4 is 5.32 Å². The van der Waals surface area contributed by atoms with Gasteiger partial charge in [-0.15, -0.1) is 10.2 Å². The van der Waals surface area contributed by atoms with Gasteiger partial charge in [0.1, 0.15) is 12.0 Å². The molecule has 1 aromatic heterocycles. The Kier molecular flexibility index (Phi) is 2.58. The highest BCUT2D eigenvalue weighted by molar-refractivity contribution is 5.72. The topological polar surface area (TPSA) is 50.7 Å². The fourth-order valence-electron chi connectivity index (χ4n) is 1.48. The zero-order valence-electron chi connectivity index (χ0n) is 8.73. The lowest BCUT2D eigenvalue weighted by molar-refractivity contribution is 0.976. The number of hydrogen-bond donors (Lipinski definition) is 1. The van der Waals surface area contributed by atoms with Crippen molar-refractivity contribution in [2.24, 2.45) is 0 Å². The smallest absolute Gasteiger partial charge is 0.156 e. The molecular formula is C11H12N4. The van der Waals surface area contributed by atoms with Crippen molar-refractivity contribution in [1.29, 1.82) is 0 Å². The molecule has 0 saturated heterocycles. The van der Waals surface area contributed by atoms with Crippen molar-refractivity contribution in [2.45, 2.75) is 6.92 Å². The van der Waals surface area contributed by atoms with E-state index in [0.717, 1.165) is 22.6 Å². The summed E-state index contributed by atoms with van der Waals surface area (Å²) in [6.07, 6.45) is 1.44. The summed E-state index contributed by atoms with van der Waals surface area (Å²) in [6.45, 7) is 2.05. The minimum atomic E-state index is 0.749. The van der Waals surface area contributed by atoms with Crippen LogP contribution in [0.15, 0.2) is 30.6 Å². The molecule has 0 aliphatic rings. The number of rotatable bonds is 2. The first kappa shape index (κ1) is 9.58. The molecule has 0 atom stereocenters. The molecular weight excluding hydrogens is 188 g/mol. The van der Waals surface area contributed by atoms with Gasteiger partial charge in [-0.05, 0) is 12.5 Å². The van der Waals surface area contributed by atoms with Crippen molar-refractivity contribution in [1.82, 2.24) is 15.2 Å². The third-order valence-electron chi connectivity index (χ3n) is 2.26. The molecule has 4 heteroatoms. The van der Waals surface area contributed by atoms with E-state index in [4.69, 9.17) is 0 Å². The van der Waals surface area contributed by atoms with Crippen LogP contribution in [0.5, 0.6) is 0 Å². The molecule has 0 saturated carbocycles. The van der Waals surface area contributed by atoms with E-state index >= 15 is 0 Å². The van der Waals surface area contributed by atoms with Crippen LogP contribution in [-0.4, -0.2) is 22.2 Å². The Bertz CT molecular complexity index is 468. The van der Waals surface area contributed by atoms with Crippen molar-refractivity contribution in [3.8, 4) is 11.3 Å². The number of nitrogens with one attached hydrogen (secondary N) is 1. The zero-order chi connectivity index (χ0) is 10.7. The second kappa shape index (κ2) is 4.04. The van der Waals surface area contributed by atoms with E-state index in [1.54, 1.807) is 0 Å². The minimum absolute atomic E-state index is 0.749. The highest BCUT2D eigenvalue weighted by Gasteiger charge is 2.08. The predicted molar refractivity (Wildman–Crippen MR) is 59.5 cm³/mol. The van der Waals surface area contributed by atoms with Crippen LogP contribution in [0.2, 0.25) is 0 Å². The Labute approximate surface area is 88.4 Å². The molecule has 0 aliphatic heterocycles. The van der Waals surface area contributed by atoms with Crippen LogP contribution in [0.4, 0.5) is 5.82 Å². The summed E-state index contributed by atoms with van der Waals surface area (Å²) in [6, 6.07) is 8.05. The molecule has 0 fully saturated rings. The third kappa shape index (κ3) is 1.79. The van der Waals surface area contributed by atoms with Crippen LogP contribution >= 0.6 is 0 Å². The fraction of sp³-hybridized carbons (Fsp3) is 0.182. The van der Waals surface area contributed by atoms with Crippen molar-refractivity contribution in [3.63, 3.8) is 0 Å². The van der Waals surface area contributed by atoms with Gasteiger partial charge < -0.3 is 5.32 Å². The molecule has 0 aliphatic carbocycles. The highest BCUT2D eigenvalue weighted by atomic mass is 15.2. The maximum atomic E-state index is 4.13. The first-order valence-electron chi connectivity index (χ1n) is 4.74. The van der Waals surface area contributed by atoms with Gasteiger partial charge in [-0.25, -0.2) is 4.98 Å². The van der Waals surface area contributed by atoms with Crippen LogP contribution in [-0.2, 0) is 0 Å². The molecule has 1 aromatic carbocycles. The van der Waals surface area contributed by atoms with E-state index in [-0.39, 0.29) is 0 Å². The summed E-state index contributed by atoms with van der Waals surface area (Å²) in [5.41, 5.74) is 3.01. The molecule has 76 valence electrons. The molecule has 0 amide bonds. The normalized spacial score (nSPS) is 10.0. The molecule has 0 bridgehead atoms. The predicted octanol–water partition coefficient (Wildman–Crippen LogP) is 1.89. The second-order valence-electron chi connectivity index (χ2n) is 3.22. The SMILES string of the molecule is CNc1ncnnc1-c1ccccc1C. The number of aromatic nitrogens is 3. The van der Waals surface area contributed by atoms with Gasteiger partial charge in [0.25, 0.3) is 0 Å². The zero-order valence-corrected chi connectivity index (χ0v) is 8.73. The lowest BCUT2D eigenvalue weighted by Gasteiger charge is -2.07. The van der Waals surface area contributed by atoms with E-state index in [9.17, 15) is 0 Å². The van der Waals surface area contributed by atoms with Gasteiger partial charge in [0.15, 0.2) is 5.82 Å². The maximum absolute atomic E-state index is 4.13. The highest BCUT2D eigenvalue weighted by Crippen LogP contribution is 2.25. The Morgan fingerprint density at radius 3 is 2.73 bits per heavy atom. The van der Waals surface area contributed by atoms with Gasteiger partial charge >= 0.3 is 0 Å². The molecule has 4 nitrogen and oxygen atoms in total. The molecule has 2 rings (SSSR count). The maximum Gasteiger partial charge on any atom is 0.156 e. The number of aryl methyl sites for hydroxylation is 1. The van der Waals surface area contributed by atoms with Gasteiger partial charge in [0, 0.05) is 12.6 Å². The number of hydrogen-bond acceptors (Lipinski definition) is 4. The van der Waals surface area contributed by atoms with Gasteiger partial charge in [0.2, 0.25) is 0 Å². The average Bonchev–Trinajstić information content (AvgIpc) is 2.30. The van der Waals surface area contributed by atoms with E-state index in [1.807, 2.05) is 38.2 Å². The lowest BCUT2D eigenvalue weighted by atomic mass is 10.1. The molecule has 1 N–H and O–H groups in total. The Balaban J connectivity index is 2.59. The van der Waals surface area contributed by atoms with Crippen molar-refractivity contribution >= 4 is 5.82 Å². The Hall–Kier alpha value is -1.97. The molecule has 1 heterocycles. The third-order valence-corrected chi connectivity index (χ3v) is 2.26. The summed E-state index contributed by atoms with van der Waals surface area (Å²) >= 11 is 0. The van der Waals surface area contributed by atoms with E-state index in [2.05, 4.69) is 20.5 Å². The Morgan fingerprint density at radius 2 is 2.00 bits per heavy atom. The van der Waals surface area contributed by atoms with Crippen molar-refractivity contribution in [2.75, 3.05) is 12.4 Å². The van der Waals surface area contributed by atoms with Crippen LogP contribution in [0, 0.1) is 6.92 Å². The van der Waals surface area contributed by atoms with E-state index in [0.29, 0.717) is 0 Å². The lowest BCUT2D eigenvalue weighted by Crippen LogP contribution is -2.00.